The third kappa shape index (κ3) is 3.32. The van der Waals surface area contributed by atoms with E-state index in [4.69, 9.17) is 4.74 Å². The maximum Gasteiger partial charge on any atom is 0.0726 e. The second-order valence-electron chi connectivity index (χ2n) is 4.90. The van der Waals surface area contributed by atoms with Crippen molar-refractivity contribution in [3.05, 3.63) is 12.2 Å². The zero-order valence-corrected chi connectivity index (χ0v) is 9.74. The lowest BCUT2D eigenvalue weighted by Gasteiger charge is -2.24. The second-order valence-corrected chi connectivity index (χ2v) is 4.90. The van der Waals surface area contributed by atoms with Gasteiger partial charge in [-0.15, -0.1) is 0 Å². The van der Waals surface area contributed by atoms with E-state index < -0.39 is 0 Å². The normalized spacial score (nSPS) is 33.1. The minimum absolute atomic E-state index is 0.462. The van der Waals surface area contributed by atoms with Crippen LogP contribution in [0.25, 0.3) is 0 Å². The summed E-state index contributed by atoms with van der Waals surface area (Å²) in [4.78, 5) is 0. The highest BCUT2D eigenvalue weighted by atomic mass is 16.5. The van der Waals surface area contributed by atoms with Crippen molar-refractivity contribution in [3.63, 3.8) is 0 Å². The summed E-state index contributed by atoms with van der Waals surface area (Å²) in [6.07, 6.45) is 11.4. The third-order valence-corrected chi connectivity index (χ3v) is 3.63. The Bertz CT molecular complexity index is 209. The van der Waals surface area contributed by atoms with Gasteiger partial charge in [-0.3, -0.25) is 0 Å². The maximum absolute atomic E-state index is 5.68. The number of hydrogen-bond donors (Lipinski definition) is 1. The average molecular weight is 209 g/mol. The molecular formula is C13H23NO. The Hall–Kier alpha value is -0.340. The summed E-state index contributed by atoms with van der Waals surface area (Å²) in [5.41, 5.74) is 0. The lowest BCUT2D eigenvalue weighted by molar-refractivity contribution is 0.0821. The van der Waals surface area contributed by atoms with Gasteiger partial charge in [-0.2, -0.15) is 0 Å². The fraction of sp³-hybridized carbons (Fsp3) is 0.846. The Morgan fingerprint density at radius 1 is 1.40 bits per heavy atom. The predicted molar refractivity (Wildman–Crippen MR) is 62.9 cm³/mol. The van der Waals surface area contributed by atoms with E-state index in [9.17, 15) is 0 Å². The first-order valence-electron chi connectivity index (χ1n) is 6.36. The molecule has 1 aliphatic heterocycles. The quantitative estimate of drug-likeness (QED) is 0.718. The van der Waals surface area contributed by atoms with Gasteiger partial charge >= 0.3 is 0 Å². The van der Waals surface area contributed by atoms with Gasteiger partial charge in [0.15, 0.2) is 0 Å². The van der Waals surface area contributed by atoms with Gasteiger partial charge in [-0.05, 0) is 51.5 Å². The number of hydrogen-bond acceptors (Lipinski definition) is 2. The largest absolute Gasteiger partial charge is 0.377 e. The van der Waals surface area contributed by atoms with Crippen LogP contribution in [0.2, 0.25) is 0 Å². The zero-order valence-electron chi connectivity index (χ0n) is 9.74. The van der Waals surface area contributed by atoms with E-state index in [1.54, 1.807) is 0 Å². The van der Waals surface area contributed by atoms with Crippen LogP contribution in [-0.4, -0.2) is 25.3 Å². The Kier molecular flexibility index (Phi) is 4.21. The van der Waals surface area contributed by atoms with Gasteiger partial charge in [0.1, 0.15) is 0 Å². The fourth-order valence-electron chi connectivity index (χ4n) is 2.52. The van der Waals surface area contributed by atoms with Gasteiger partial charge in [0.05, 0.1) is 6.10 Å². The highest BCUT2D eigenvalue weighted by Gasteiger charge is 2.22. The van der Waals surface area contributed by atoms with Crippen molar-refractivity contribution in [2.45, 2.75) is 51.2 Å². The van der Waals surface area contributed by atoms with Gasteiger partial charge in [0.2, 0.25) is 0 Å². The number of ether oxygens (including phenoxy) is 1. The summed E-state index contributed by atoms with van der Waals surface area (Å²) in [5.74, 6) is 0.846. The van der Waals surface area contributed by atoms with E-state index in [1.807, 2.05) is 0 Å². The van der Waals surface area contributed by atoms with Crippen molar-refractivity contribution in [2.24, 2.45) is 5.92 Å². The molecule has 2 rings (SSSR count). The molecule has 1 N–H and O–H groups in total. The molecule has 3 atom stereocenters. The van der Waals surface area contributed by atoms with E-state index in [2.05, 4.69) is 24.4 Å². The van der Waals surface area contributed by atoms with Crippen molar-refractivity contribution in [2.75, 3.05) is 13.2 Å². The smallest absolute Gasteiger partial charge is 0.0726 e. The Morgan fingerprint density at radius 2 is 2.33 bits per heavy atom. The molecule has 1 fully saturated rings. The minimum Gasteiger partial charge on any atom is -0.377 e. The van der Waals surface area contributed by atoms with Crippen molar-refractivity contribution >= 4 is 0 Å². The van der Waals surface area contributed by atoms with E-state index in [0.29, 0.717) is 12.1 Å². The molecule has 1 saturated heterocycles. The molecule has 2 heteroatoms. The van der Waals surface area contributed by atoms with Crippen molar-refractivity contribution in [1.82, 2.24) is 5.32 Å². The predicted octanol–water partition coefficient (Wildman–Crippen LogP) is 2.50. The first-order chi connectivity index (χ1) is 7.36. The molecule has 0 radical (unpaired) electrons. The standard InChI is InChI=1S/C13H23NO/c1-11(13-8-5-9-15-13)14-10-12-6-3-2-4-7-12/h2-3,11-14H,4-10H2,1H3. The molecule has 2 aliphatic rings. The Balaban J connectivity index is 1.65. The summed E-state index contributed by atoms with van der Waals surface area (Å²) in [7, 11) is 0. The van der Waals surface area contributed by atoms with Gasteiger partial charge in [0.25, 0.3) is 0 Å². The summed E-state index contributed by atoms with van der Waals surface area (Å²) < 4.78 is 5.68. The zero-order chi connectivity index (χ0) is 10.5. The molecule has 1 aliphatic carbocycles. The van der Waals surface area contributed by atoms with Gasteiger partial charge in [-0.1, -0.05) is 12.2 Å². The van der Waals surface area contributed by atoms with Crippen LogP contribution in [-0.2, 0) is 4.74 Å². The van der Waals surface area contributed by atoms with Crippen molar-refractivity contribution in [1.29, 1.82) is 0 Å². The molecule has 0 aromatic heterocycles. The molecule has 0 aromatic rings. The van der Waals surface area contributed by atoms with Crippen LogP contribution in [0.5, 0.6) is 0 Å². The maximum atomic E-state index is 5.68. The fourth-order valence-corrected chi connectivity index (χ4v) is 2.52. The van der Waals surface area contributed by atoms with Crippen molar-refractivity contribution < 1.29 is 4.74 Å². The van der Waals surface area contributed by atoms with Gasteiger partial charge in [-0.25, -0.2) is 0 Å². The average Bonchev–Trinajstić information content (AvgIpc) is 2.81. The number of nitrogens with one attached hydrogen (secondary N) is 1. The van der Waals surface area contributed by atoms with Crippen molar-refractivity contribution in [3.8, 4) is 0 Å². The molecular weight excluding hydrogens is 186 g/mol. The topological polar surface area (TPSA) is 21.3 Å². The van der Waals surface area contributed by atoms with Crippen LogP contribution < -0.4 is 5.32 Å². The minimum atomic E-state index is 0.462. The van der Waals surface area contributed by atoms with Crippen LogP contribution in [0.1, 0.15) is 39.0 Å². The highest BCUT2D eigenvalue weighted by molar-refractivity contribution is 4.91. The second kappa shape index (κ2) is 5.66. The summed E-state index contributed by atoms with van der Waals surface area (Å²) in [6.45, 7) is 4.38. The molecule has 0 bridgehead atoms. The number of rotatable bonds is 4. The van der Waals surface area contributed by atoms with Crippen LogP contribution in [0.15, 0.2) is 12.2 Å². The third-order valence-electron chi connectivity index (χ3n) is 3.63. The summed E-state index contributed by atoms with van der Waals surface area (Å²) >= 11 is 0. The Morgan fingerprint density at radius 3 is 3.00 bits per heavy atom. The molecule has 15 heavy (non-hydrogen) atoms. The highest BCUT2D eigenvalue weighted by Crippen LogP contribution is 2.19. The van der Waals surface area contributed by atoms with Gasteiger partial charge in [0, 0.05) is 12.6 Å². The van der Waals surface area contributed by atoms with E-state index in [0.717, 1.165) is 19.1 Å². The first kappa shape index (κ1) is 11.2. The lowest BCUT2D eigenvalue weighted by atomic mass is 9.94. The molecule has 0 aromatic carbocycles. The Labute approximate surface area is 93.1 Å². The molecule has 3 unspecified atom stereocenters. The van der Waals surface area contributed by atoms with Crippen LogP contribution >= 0.6 is 0 Å². The molecule has 1 heterocycles. The molecule has 0 spiro atoms. The summed E-state index contributed by atoms with van der Waals surface area (Å²) in [6, 6.07) is 0.526. The number of allylic oxidation sites excluding steroid dienone is 2. The van der Waals surface area contributed by atoms with E-state index in [-0.39, 0.29) is 0 Å². The molecule has 2 nitrogen and oxygen atoms in total. The lowest BCUT2D eigenvalue weighted by Crippen LogP contribution is -2.39. The van der Waals surface area contributed by atoms with Gasteiger partial charge < -0.3 is 10.1 Å². The van der Waals surface area contributed by atoms with E-state index in [1.165, 1.54) is 32.1 Å². The van der Waals surface area contributed by atoms with Crippen LogP contribution in [0.4, 0.5) is 0 Å². The molecule has 86 valence electrons. The molecule has 0 amide bonds. The first-order valence-corrected chi connectivity index (χ1v) is 6.36. The SMILES string of the molecule is CC(NCC1CC=CCC1)C1CCCO1. The van der Waals surface area contributed by atoms with E-state index >= 15 is 0 Å². The monoisotopic (exact) mass is 209 g/mol. The van der Waals surface area contributed by atoms with Crippen LogP contribution in [0, 0.1) is 5.92 Å². The van der Waals surface area contributed by atoms with Crippen LogP contribution in [0.3, 0.4) is 0 Å². The summed E-state index contributed by atoms with van der Waals surface area (Å²) in [5, 5.41) is 3.64. The molecule has 0 saturated carbocycles.